The number of carbonyl (C=O) groups excluding carboxylic acids is 2. The number of benzene rings is 1. The maximum atomic E-state index is 16.3. The summed E-state index contributed by atoms with van der Waals surface area (Å²) in [7, 11) is -3.73. The molecule has 0 amide bonds. The van der Waals surface area contributed by atoms with E-state index in [-0.39, 0.29) is 40.8 Å². The Morgan fingerprint density at radius 1 is 1.20 bits per heavy atom. The summed E-state index contributed by atoms with van der Waals surface area (Å²) < 4.78 is 57.4. The topological polar surface area (TPSA) is 219 Å². The number of para-hydroxylation sites is 1. The van der Waals surface area contributed by atoms with Gasteiger partial charge >= 0.3 is 13.7 Å². The molecule has 2 unspecified atom stereocenters. The third kappa shape index (κ3) is 8.93. The fraction of sp³-hybridized carbons (Fsp3) is 0.519. The molecule has 5 N–H and O–H groups in total. The minimum atomic E-state index is -4.61. The highest BCUT2D eigenvalue weighted by Gasteiger charge is 2.52. The van der Waals surface area contributed by atoms with Gasteiger partial charge in [0.25, 0.3) is 5.85 Å². The molecule has 3 aromatic rings. The lowest BCUT2D eigenvalue weighted by Crippen LogP contribution is -2.57. The van der Waals surface area contributed by atoms with Crippen LogP contribution in [0, 0.1) is 5.41 Å². The Kier molecular flexibility index (Phi) is 11.2. The Morgan fingerprint density at radius 3 is 2.47 bits per heavy atom. The van der Waals surface area contributed by atoms with E-state index < -0.39 is 50.7 Å². The number of aliphatic hydroxyl groups is 2. The monoisotopic (exact) mass is 656 g/mol. The highest BCUT2D eigenvalue weighted by atomic mass is 31.2. The lowest BCUT2D eigenvalue weighted by Gasteiger charge is -2.38. The van der Waals surface area contributed by atoms with Gasteiger partial charge in [0.15, 0.2) is 29.3 Å². The van der Waals surface area contributed by atoms with Crippen LogP contribution in [0.25, 0.3) is 11.2 Å². The van der Waals surface area contributed by atoms with Crippen molar-refractivity contribution < 1.29 is 52.0 Å². The third-order valence-electron chi connectivity index (χ3n) is 6.18. The number of fused-ring (bicyclic) bond motifs is 1. The van der Waals surface area contributed by atoms with Crippen molar-refractivity contribution in [2.75, 3.05) is 32.7 Å². The second-order valence-corrected chi connectivity index (χ2v) is 13.0. The summed E-state index contributed by atoms with van der Waals surface area (Å²) >= 11 is 0. The molecule has 0 aliphatic rings. The van der Waals surface area contributed by atoms with E-state index in [1.807, 2.05) is 20.8 Å². The first kappa shape index (κ1) is 35.7. The molecule has 2 aromatic heterocycles. The zero-order valence-electron chi connectivity index (χ0n) is 25.7. The number of nitrogens with one attached hydrogen (secondary N) is 1. The number of nitrogens with two attached hydrogens (primary N) is 1. The Labute approximate surface area is 258 Å². The second kappa shape index (κ2) is 14.1. The van der Waals surface area contributed by atoms with Gasteiger partial charge in [-0.3, -0.25) is 18.7 Å². The van der Waals surface area contributed by atoms with E-state index in [0.717, 1.165) is 24.9 Å². The summed E-state index contributed by atoms with van der Waals surface area (Å²) in [5, 5.41) is 25.0. The Bertz CT molecular complexity index is 1520. The van der Waals surface area contributed by atoms with Gasteiger partial charge in [0.2, 0.25) is 11.8 Å². The number of hydrogen-bond acceptors (Lipinski definition) is 14. The normalized spacial score (nSPS) is 17.4. The largest absolute Gasteiger partial charge is 0.468 e. The van der Waals surface area contributed by atoms with Crippen molar-refractivity contribution in [3.05, 3.63) is 36.7 Å². The highest BCUT2D eigenvalue weighted by molar-refractivity contribution is 7.52. The van der Waals surface area contributed by atoms with Crippen molar-refractivity contribution in [1.82, 2.24) is 24.6 Å². The van der Waals surface area contributed by atoms with Crippen molar-refractivity contribution in [3.63, 3.8) is 0 Å². The molecule has 0 fully saturated rings. The van der Waals surface area contributed by atoms with Crippen molar-refractivity contribution in [1.29, 1.82) is 0 Å². The Balaban J connectivity index is 1.89. The highest BCUT2D eigenvalue weighted by Crippen LogP contribution is 2.47. The van der Waals surface area contributed by atoms with E-state index in [1.165, 1.54) is 19.1 Å². The van der Waals surface area contributed by atoms with Crippen molar-refractivity contribution in [2.24, 2.45) is 5.41 Å². The van der Waals surface area contributed by atoms with Crippen LogP contribution < -0.4 is 20.1 Å². The molecule has 45 heavy (non-hydrogen) atoms. The lowest BCUT2D eigenvalue weighted by molar-refractivity contribution is -0.271. The SMILES string of the molecule is CO[C@](F)(COP(=O)(NC(C)C(=O)OCC(C)(C)C)Oc1ccccc1)[C@@H](O)[C@@](C)(O)n1cnc2c(OCC=O)nc(N)nc21. The van der Waals surface area contributed by atoms with E-state index in [2.05, 4.69) is 20.0 Å². The maximum absolute atomic E-state index is 16.3. The predicted molar refractivity (Wildman–Crippen MR) is 158 cm³/mol. The molecule has 3 rings (SSSR count). The van der Waals surface area contributed by atoms with Crippen LogP contribution in [0.15, 0.2) is 36.7 Å². The summed E-state index contributed by atoms with van der Waals surface area (Å²) in [5.41, 5.74) is 2.56. The molecule has 0 aliphatic carbocycles. The summed E-state index contributed by atoms with van der Waals surface area (Å²) in [5.74, 6) is -4.53. The molecule has 16 nitrogen and oxygen atoms in total. The van der Waals surface area contributed by atoms with Crippen LogP contribution in [0.4, 0.5) is 10.3 Å². The zero-order valence-corrected chi connectivity index (χ0v) is 26.6. The van der Waals surface area contributed by atoms with Gasteiger partial charge in [0.05, 0.1) is 12.9 Å². The van der Waals surface area contributed by atoms with Crippen LogP contribution >= 0.6 is 7.75 Å². The quantitative estimate of drug-likeness (QED) is 0.0985. The van der Waals surface area contributed by atoms with E-state index in [1.54, 1.807) is 18.2 Å². The van der Waals surface area contributed by atoms with Crippen LogP contribution in [-0.2, 0) is 33.9 Å². The average Bonchev–Trinajstić information content (AvgIpc) is 3.42. The second-order valence-electron chi connectivity index (χ2n) is 11.3. The number of rotatable bonds is 16. The molecule has 2 heterocycles. The number of aldehydes is 1. The number of esters is 1. The smallest absolute Gasteiger partial charge is 0.459 e. The van der Waals surface area contributed by atoms with Gasteiger partial charge < -0.3 is 34.7 Å². The first-order valence-electron chi connectivity index (χ1n) is 13.6. The lowest BCUT2D eigenvalue weighted by atomic mass is 9.99. The fourth-order valence-electron chi connectivity index (χ4n) is 3.81. The minimum absolute atomic E-state index is 0.0489. The van der Waals surface area contributed by atoms with Gasteiger partial charge in [-0.2, -0.15) is 15.1 Å². The van der Waals surface area contributed by atoms with Gasteiger partial charge in [-0.15, -0.1) is 0 Å². The van der Waals surface area contributed by atoms with Gasteiger partial charge in [-0.25, -0.2) is 13.9 Å². The number of imidazole rings is 1. The summed E-state index contributed by atoms with van der Waals surface area (Å²) in [6.07, 6.45) is -1.01. The van der Waals surface area contributed by atoms with Crippen molar-refractivity contribution in [2.45, 2.75) is 58.3 Å². The van der Waals surface area contributed by atoms with Crippen LogP contribution in [-0.4, -0.2) is 86.9 Å². The van der Waals surface area contributed by atoms with Crippen LogP contribution in [0.5, 0.6) is 11.6 Å². The fourth-order valence-corrected chi connectivity index (χ4v) is 5.32. The van der Waals surface area contributed by atoms with Gasteiger partial charge in [-0.05, 0) is 31.4 Å². The average molecular weight is 657 g/mol. The number of nitrogen functional groups attached to an aromatic ring is 1. The number of nitrogens with zero attached hydrogens (tertiary/aromatic N) is 4. The zero-order chi connectivity index (χ0) is 33.6. The number of alkyl halides is 1. The molecule has 248 valence electrons. The molecular weight excluding hydrogens is 618 g/mol. The maximum Gasteiger partial charge on any atom is 0.459 e. The number of methoxy groups -OCH3 is 1. The Hall–Kier alpha value is -3.73. The van der Waals surface area contributed by atoms with Crippen LogP contribution in [0.1, 0.15) is 34.6 Å². The minimum Gasteiger partial charge on any atom is -0.468 e. The molecular formula is C27H38FN6O10P. The van der Waals surface area contributed by atoms with Gasteiger partial charge in [0.1, 0.15) is 25.0 Å². The van der Waals surface area contributed by atoms with E-state index in [9.17, 15) is 24.4 Å². The number of anilines is 1. The predicted octanol–water partition coefficient (Wildman–Crippen LogP) is 2.10. The molecule has 0 bridgehead atoms. The number of hydrogen-bond donors (Lipinski definition) is 4. The summed E-state index contributed by atoms with van der Waals surface area (Å²) in [6, 6.07) is 6.48. The molecule has 0 spiro atoms. The number of aromatic nitrogens is 4. The molecule has 0 saturated carbocycles. The van der Waals surface area contributed by atoms with Crippen LogP contribution in [0.2, 0.25) is 0 Å². The van der Waals surface area contributed by atoms with Crippen molar-refractivity contribution >= 4 is 37.1 Å². The van der Waals surface area contributed by atoms with Crippen molar-refractivity contribution in [3.8, 4) is 11.6 Å². The van der Waals surface area contributed by atoms with Gasteiger partial charge in [-0.1, -0.05) is 39.0 Å². The van der Waals surface area contributed by atoms with E-state index >= 15 is 4.39 Å². The summed E-state index contributed by atoms with van der Waals surface area (Å²) in [6.45, 7) is 6.31. The van der Waals surface area contributed by atoms with Crippen LogP contribution in [0.3, 0.4) is 0 Å². The first-order chi connectivity index (χ1) is 20.9. The Morgan fingerprint density at radius 2 is 1.87 bits per heavy atom. The summed E-state index contributed by atoms with van der Waals surface area (Å²) in [4.78, 5) is 35.3. The molecule has 0 saturated heterocycles. The molecule has 1 aromatic carbocycles. The standard InChI is InChI=1S/C27H38FN6O10P/c1-17(22(36)42-14-25(2,3)4)33-45(39,44-18-10-8-7-9-11-18)43-15-27(28,40-6)23(37)26(5,38)34-16-30-19-20(34)31-24(29)32-21(19)41-13-12-35/h7-12,16-17,23,37-38H,13-15H2,1-6H3,(H,33,39)(H2,29,31,32)/t17?,23-,26+,27+,45?/m0/s1. The van der Waals surface area contributed by atoms with E-state index in [4.69, 9.17) is 29.0 Å². The number of ether oxygens (including phenoxy) is 3. The number of carbonyl (C=O) groups is 2. The molecule has 5 atom stereocenters. The molecule has 18 heteroatoms. The molecule has 0 aliphatic heterocycles. The van der Waals surface area contributed by atoms with E-state index in [0.29, 0.717) is 6.29 Å². The first-order valence-corrected chi connectivity index (χ1v) is 15.1. The van der Waals surface area contributed by atoms with Gasteiger partial charge in [0, 0.05) is 7.11 Å². The third-order valence-corrected chi connectivity index (χ3v) is 7.80. The number of aliphatic hydroxyl groups excluding tert-OH is 1. The molecule has 0 radical (unpaired) electrons. The number of halogens is 1.